The van der Waals surface area contributed by atoms with E-state index in [0.717, 1.165) is 11.1 Å². The topological polar surface area (TPSA) is 69.0 Å². The Hall–Kier alpha value is -2.58. The number of carbonyl (C=O) groups excluding carboxylic acids is 1. The van der Waals surface area contributed by atoms with Gasteiger partial charge in [0.1, 0.15) is 11.6 Å². The molecular formula is C19H18ClFN4O2S. The highest BCUT2D eigenvalue weighted by molar-refractivity contribution is 7.99. The van der Waals surface area contributed by atoms with Crippen molar-refractivity contribution in [3.05, 3.63) is 52.8 Å². The summed E-state index contributed by atoms with van der Waals surface area (Å²) < 4.78 is 20.1. The van der Waals surface area contributed by atoms with E-state index in [1.54, 1.807) is 35.9 Å². The standard InChI is InChI=1S/C19H18ClFN4O2S/c1-11-8-15(16(27-3)9-14(11)20)22-17(26)10-28-19-24-23-18(25(19)2)12-4-6-13(21)7-5-12/h4-9H,10H2,1-3H3,(H,22,26). The summed E-state index contributed by atoms with van der Waals surface area (Å²) in [4.78, 5) is 12.4. The molecule has 1 amide bonds. The molecule has 0 unspecified atom stereocenters. The first-order valence-electron chi connectivity index (χ1n) is 8.31. The van der Waals surface area contributed by atoms with Gasteiger partial charge in [0, 0.05) is 23.7 Å². The van der Waals surface area contributed by atoms with Gasteiger partial charge in [-0.1, -0.05) is 23.4 Å². The van der Waals surface area contributed by atoms with Crippen LogP contribution in [-0.4, -0.2) is 33.5 Å². The van der Waals surface area contributed by atoms with Crippen LogP contribution >= 0.6 is 23.4 Å². The van der Waals surface area contributed by atoms with E-state index < -0.39 is 0 Å². The van der Waals surface area contributed by atoms with E-state index in [1.165, 1.54) is 31.0 Å². The zero-order valence-corrected chi connectivity index (χ0v) is 17.1. The number of aromatic nitrogens is 3. The molecule has 0 bridgehead atoms. The predicted molar refractivity (Wildman–Crippen MR) is 108 cm³/mol. The average molecular weight is 421 g/mol. The molecule has 0 saturated carbocycles. The van der Waals surface area contributed by atoms with Gasteiger partial charge in [-0.25, -0.2) is 4.39 Å². The molecule has 0 fully saturated rings. The lowest BCUT2D eigenvalue weighted by Gasteiger charge is -2.12. The lowest BCUT2D eigenvalue weighted by atomic mass is 10.2. The summed E-state index contributed by atoms with van der Waals surface area (Å²) in [6, 6.07) is 9.43. The fourth-order valence-corrected chi connectivity index (χ4v) is 3.40. The zero-order chi connectivity index (χ0) is 20.3. The average Bonchev–Trinajstić information content (AvgIpc) is 3.04. The molecule has 0 atom stereocenters. The molecule has 9 heteroatoms. The Morgan fingerprint density at radius 2 is 2.00 bits per heavy atom. The highest BCUT2D eigenvalue weighted by Gasteiger charge is 2.15. The quantitative estimate of drug-likeness (QED) is 0.601. The SMILES string of the molecule is COc1cc(Cl)c(C)cc1NC(=O)CSc1nnc(-c2ccc(F)cc2)n1C. The van der Waals surface area contributed by atoms with Gasteiger partial charge in [0.2, 0.25) is 5.91 Å². The first-order valence-corrected chi connectivity index (χ1v) is 9.67. The molecule has 0 spiro atoms. The van der Waals surface area contributed by atoms with E-state index in [-0.39, 0.29) is 17.5 Å². The third-order valence-electron chi connectivity index (χ3n) is 4.02. The van der Waals surface area contributed by atoms with Gasteiger partial charge in [-0.05, 0) is 42.8 Å². The Morgan fingerprint density at radius 1 is 1.29 bits per heavy atom. The van der Waals surface area contributed by atoms with E-state index in [0.29, 0.717) is 27.4 Å². The molecule has 1 N–H and O–H groups in total. The van der Waals surface area contributed by atoms with Crippen molar-refractivity contribution in [2.24, 2.45) is 7.05 Å². The maximum absolute atomic E-state index is 13.1. The summed E-state index contributed by atoms with van der Waals surface area (Å²) in [6.07, 6.45) is 0. The summed E-state index contributed by atoms with van der Waals surface area (Å²) in [5, 5.41) is 12.2. The number of thioether (sulfide) groups is 1. The Balaban J connectivity index is 1.67. The molecule has 1 aromatic heterocycles. The summed E-state index contributed by atoms with van der Waals surface area (Å²) in [7, 11) is 3.31. The first kappa shape index (κ1) is 20.2. The fraction of sp³-hybridized carbons (Fsp3) is 0.211. The van der Waals surface area contributed by atoms with Crippen molar-refractivity contribution >= 4 is 35.0 Å². The second-order valence-corrected chi connectivity index (χ2v) is 7.36. The molecule has 0 radical (unpaired) electrons. The summed E-state index contributed by atoms with van der Waals surface area (Å²) in [5.41, 5.74) is 2.14. The van der Waals surface area contributed by atoms with E-state index >= 15 is 0 Å². The van der Waals surface area contributed by atoms with Crippen LogP contribution in [0, 0.1) is 12.7 Å². The normalized spacial score (nSPS) is 10.8. The summed E-state index contributed by atoms with van der Waals surface area (Å²) in [6.45, 7) is 1.85. The molecule has 1 heterocycles. The van der Waals surface area contributed by atoms with Crippen LogP contribution in [-0.2, 0) is 11.8 Å². The van der Waals surface area contributed by atoms with Gasteiger partial charge in [-0.15, -0.1) is 10.2 Å². The van der Waals surface area contributed by atoms with Gasteiger partial charge in [0.15, 0.2) is 11.0 Å². The van der Waals surface area contributed by atoms with Crippen LogP contribution in [0.25, 0.3) is 11.4 Å². The van der Waals surface area contributed by atoms with Gasteiger partial charge in [-0.2, -0.15) is 0 Å². The Kier molecular flexibility index (Phi) is 6.21. The lowest BCUT2D eigenvalue weighted by Crippen LogP contribution is -2.15. The maximum atomic E-state index is 13.1. The monoisotopic (exact) mass is 420 g/mol. The molecule has 0 aliphatic heterocycles. The second kappa shape index (κ2) is 8.62. The molecule has 28 heavy (non-hydrogen) atoms. The van der Waals surface area contributed by atoms with E-state index in [4.69, 9.17) is 16.3 Å². The van der Waals surface area contributed by atoms with Crippen LogP contribution in [0.4, 0.5) is 10.1 Å². The number of nitrogens with zero attached hydrogens (tertiary/aromatic N) is 3. The number of amides is 1. The van der Waals surface area contributed by atoms with Crippen molar-refractivity contribution in [2.75, 3.05) is 18.2 Å². The van der Waals surface area contributed by atoms with Gasteiger partial charge in [-0.3, -0.25) is 4.79 Å². The first-order chi connectivity index (χ1) is 13.4. The number of aryl methyl sites for hydroxylation is 1. The smallest absolute Gasteiger partial charge is 0.234 e. The molecule has 3 aromatic rings. The van der Waals surface area contributed by atoms with Crippen LogP contribution in [0.5, 0.6) is 5.75 Å². The zero-order valence-electron chi connectivity index (χ0n) is 15.5. The number of hydrogen-bond acceptors (Lipinski definition) is 5. The van der Waals surface area contributed by atoms with Crippen LogP contribution in [0.3, 0.4) is 0 Å². The third kappa shape index (κ3) is 4.45. The van der Waals surface area contributed by atoms with Gasteiger partial charge < -0.3 is 14.6 Å². The predicted octanol–water partition coefficient (Wildman–Crippen LogP) is 4.32. The van der Waals surface area contributed by atoms with Crippen molar-refractivity contribution in [2.45, 2.75) is 12.1 Å². The number of methoxy groups -OCH3 is 1. The van der Waals surface area contributed by atoms with Gasteiger partial charge in [0.25, 0.3) is 0 Å². The Morgan fingerprint density at radius 3 is 2.68 bits per heavy atom. The number of anilines is 1. The maximum Gasteiger partial charge on any atom is 0.234 e. The molecule has 2 aromatic carbocycles. The number of benzene rings is 2. The van der Waals surface area contributed by atoms with Crippen LogP contribution in [0.1, 0.15) is 5.56 Å². The number of rotatable bonds is 6. The van der Waals surface area contributed by atoms with Crippen molar-refractivity contribution in [3.63, 3.8) is 0 Å². The second-order valence-electron chi connectivity index (χ2n) is 6.01. The molecule has 6 nitrogen and oxygen atoms in total. The van der Waals surface area contributed by atoms with Crippen molar-refractivity contribution in [3.8, 4) is 17.1 Å². The molecule has 0 saturated heterocycles. The molecule has 3 rings (SSSR count). The Labute approximate surface area is 171 Å². The minimum absolute atomic E-state index is 0.139. The highest BCUT2D eigenvalue weighted by Crippen LogP contribution is 2.31. The minimum atomic E-state index is -0.315. The van der Waals surface area contributed by atoms with Crippen molar-refractivity contribution < 1.29 is 13.9 Å². The number of nitrogens with one attached hydrogen (secondary N) is 1. The van der Waals surface area contributed by atoms with E-state index in [2.05, 4.69) is 15.5 Å². The molecular weight excluding hydrogens is 403 g/mol. The fourth-order valence-electron chi connectivity index (χ4n) is 2.54. The number of ether oxygens (including phenoxy) is 1. The van der Waals surface area contributed by atoms with Crippen LogP contribution in [0.15, 0.2) is 41.6 Å². The Bertz CT molecular complexity index is 1010. The van der Waals surface area contributed by atoms with Crippen LogP contribution in [0.2, 0.25) is 5.02 Å². The minimum Gasteiger partial charge on any atom is -0.495 e. The summed E-state index contributed by atoms with van der Waals surface area (Å²) >= 11 is 7.34. The van der Waals surface area contributed by atoms with Gasteiger partial charge >= 0.3 is 0 Å². The van der Waals surface area contributed by atoms with E-state index in [1.807, 2.05) is 6.92 Å². The van der Waals surface area contributed by atoms with E-state index in [9.17, 15) is 9.18 Å². The largest absolute Gasteiger partial charge is 0.495 e. The molecule has 146 valence electrons. The van der Waals surface area contributed by atoms with Crippen molar-refractivity contribution in [1.82, 2.24) is 14.8 Å². The number of halogens is 2. The number of carbonyl (C=O) groups is 1. The third-order valence-corrected chi connectivity index (χ3v) is 5.45. The summed E-state index contributed by atoms with van der Waals surface area (Å²) in [5.74, 6) is 0.700. The van der Waals surface area contributed by atoms with Gasteiger partial charge in [0.05, 0.1) is 18.6 Å². The molecule has 0 aliphatic carbocycles. The number of hydrogen-bond donors (Lipinski definition) is 1. The highest BCUT2D eigenvalue weighted by atomic mass is 35.5. The van der Waals surface area contributed by atoms with Crippen molar-refractivity contribution in [1.29, 1.82) is 0 Å². The lowest BCUT2D eigenvalue weighted by molar-refractivity contribution is -0.113. The van der Waals surface area contributed by atoms with Crippen LogP contribution < -0.4 is 10.1 Å². The molecule has 0 aliphatic rings.